The summed E-state index contributed by atoms with van der Waals surface area (Å²) in [5.74, 6) is 1.24. The number of rotatable bonds is 8. The van der Waals surface area contributed by atoms with Crippen LogP contribution in [0.2, 0.25) is 0 Å². The number of aromatic nitrogens is 4. The largest absolute Gasteiger partial charge is 0.485 e. The van der Waals surface area contributed by atoms with Gasteiger partial charge in [0.1, 0.15) is 17.2 Å². The van der Waals surface area contributed by atoms with E-state index in [0.717, 1.165) is 11.3 Å². The van der Waals surface area contributed by atoms with Gasteiger partial charge in [0, 0.05) is 21.1 Å². The fraction of sp³-hybridized carbons (Fsp3) is 0.381. The van der Waals surface area contributed by atoms with Crippen LogP contribution in [0.1, 0.15) is 32.3 Å². The second-order valence-corrected chi connectivity index (χ2v) is 9.43. The Kier molecular flexibility index (Phi) is 7.52. The van der Waals surface area contributed by atoms with Crippen LogP contribution in [0.3, 0.4) is 0 Å². The highest BCUT2D eigenvalue weighted by molar-refractivity contribution is 7.99. The molecule has 0 aliphatic heterocycles. The van der Waals surface area contributed by atoms with Gasteiger partial charge in [0.05, 0.1) is 11.4 Å². The maximum Gasteiger partial charge on any atom is 0.265 e. The quantitative estimate of drug-likeness (QED) is 0.500. The first-order chi connectivity index (χ1) is 15.2. The van der Waals surface area contributed by atoms with Crippen molar-refractivity contribution in [3.05, 3.63) is 45.7 Å². The fourth-order valence-corrected chi connectivity index (χ4v) is 4.57. The first-order valence-electron chi connectivity index (χ1n) is 9.85. The molecule has 170 valence electrons. The van der Waals surface area contributed by atoms with E-state index >= 15 is 0 Å². The minimum absolute atomic E-state index is 0.135. The lowest BCUT2D eigenvalue weighted by molar-refractivity contribution is -0.113. The lowest BCUT2D eigenvalue weighted by atomic mass is 10.1. The normalized spacial score (nSPS) is 10.8. The molecule has 0 unspecified atom stereocenters. The molecule has 2 amide bonds. The molecule has 32 heavy (non-hydrogen) atoms. The summed E-state index contributed by atoms with van der Waals surface area (Å²) in [6, 6.07) is 6.01. The minimum Gasteiger partial charge on any atom is -0.485 e. The molecular weight excluding hydrogens is 448 g/mol. The summed E-state index contributed by atoms with van der Waals surface area (Å²) in [4.78, 5) is 30.8. The zero-order valence-corrected chi connectivity index (χ0v) is 20.6. The summed E-state index contributed by atoms with van der Waals surface area (Å²) in [5.41, 5.74) is 2.84. The predicted molar refractivity (Wildman–Crippen MR) is 125 cm³/mol. The minimum atomic E-state index is -0.233. The molecule has 9 nitrogen and oxygen atoms in total. The third kappa shape index (κ3) is 5.65. The first-order valence-corrected chi connectivity index (χ1v) is 11.7. The van der Waals surface area contributed by atoms with E-state index in [1.807, 2.05) is 37.6 Å². The highest BCUT2D eigenvalue weighted by Gasteiger charge is 2.18. The molecule has 1 aromatic carbocycles. The highest BCUT2D eigenvalue weighted by Crippen LogP contribution is 2.25. The Balaban J connectivity index is 1.55. The monoisotopic (exact) mass is 474 g/mol. The lowest BCUT2D eigenvalue weighted by Crippen LogP contribution is -2.21. The van der Waals surface area contributed by atoms with Crippen molar-refractivity contribution in [1.82, 2.24) is 24.6 Å². The smallest absolute Gasteiger partial charge is 0.265 e. The molecule has 0 saturated heterocycles. The van der Waals surface area contributed by atoms with Crippen LogP contribution < -0.4 is 10.1 Å². The van der Waals surface area contributed by atoms with Gasteiger partial charge in [-0.1, -0.05) is 40.8 Å². The third-order valence-corrected chi connectivity index (χ3v) is 6.67. The lowest BCUT2D eigenvalue weighted by Gasteiger charge is -2.09. The van der Waals surface area contributed by atoms with Crippen LogP contribution in [-0.2, 0) is 18.4 Å². The number of hydrogen-bond acceptors (Lipinski definition) is 8. The van der Waals surface area contributed by atoms with Crippen LogP contribution >= 0.6 is 23.1 Å². The zero-order valence-electron chi connectivity index (χ0n) is 18.9. The van der Waals surface area contributed by atoms with Crippen molar-refractivity contribution in [3.8, 4) is 5.75 Å². The molecule has 0 saturated carbocycles. The number of ether oxygens (including phenoxy) is 1. The Morgan fingerprint density at radius 3 is 2.66 bits per heavy atom. The summed E-state index contributed by atoms with van der Waals surface area (Å²) in [5, 5.41) is 12.1. The zero-order chi connectivity index (χ0) is 23.4. The molecule has 0 radical (unpaired) electrons. The van der Waals surface area contributed by atoms with Crippen molar-refractivity contribution in [2.24, 2.45) is 7.05 Å². The van der Waals surface area contributed by atoms with Gasteiger partial charge in [-0.15, -0.1) is 10.2 Å². The fourth-order valence-electron chi connectivity index (χ4n) is 2.84. The summed E-state index contributed by atoms with van der Waals surface area (Å²) >= 11 is 2.43. The molecule has 0 fully saturated rings. The van der Waals surface area contributed by atoms with Crippen LogP contribution in [0.4, 0.5) is 5.13 Å². The summed E-state index contributed by atoms with van der Waals surface area (Å²) in [6.07, 6.45) is 0. The topological polar surface area (TPSA) is 102 Å². The molecule has 2 heterocycles. The van der Waals surface area contributed by atoms with Gasteiger partial charge >= 0.3 is 0 Å². The standard InChI is InChI=1S/C21H26N6O3S2/c1-12-7-8-15(13(2)9-12)30-10-16-24-25-21(27(16)6)31-11-17(28)23-20-22-14(3)18(32-20)19(29)26(4)5/h7-9H,10-11H2,1-6H3,(H,22,23,28). The van der Waals surface area contributed by atoms with Gasteiger partial charge in [0.2, 0.25) is 5.91 Å². The van der Waals surface area contributed by atoms with Gasteiger partial charge in [-0.05, 0) is 32.4 Å². The Hall–Kier alpha value is -2.92. The van der Waals surface area contributed by atoms with Crippen molar-refractivity contribution in [2.45, 2.75) is 32.5 Å². The Bertz CT molecular complexity index is 1140. The Labute approximate surface area is 195 Å². The Morgan fingerprint density at radius 1 is 1.22 bits per heavy atom. The van der Waals surface area contributed by atoms with Crippen LogP contribution in [-0.4, -0.2) is 56.3 Å². The maximum absolute atomic E-state index is 12.4. The van der Waals surface area contributed by atoms with Gasteiger partial charge in [-0.25, -0.2) is 4.98 Å². The Morgan fingerprint density at radius 2 is 1.97 bits per heavy atom. The van der Waals surface area contributed by atoms with Crippen LogP contribution in [0.15, 0.2) is 23.4 Å². The van der Waals surface area contributed by atoms with E-state index in [1.165, 1.54) is 33.6 Å². The maximum atomic E-state index is 12.4. The van der Waals surface area contributed by atoms with E-state index in [0.29, 0.717) is 26.7 Å². The number of hydrogen-bond donors (Lipinski definition) is 1. The van der Waals surface area contributed by atoms with Gasteiger partial charge in [-0.2, -0.15) is 0 Å². The van der Waals surface area contributed by atoms with Gasteiger partial charge in [-0.3, -0.25) is 9.59 Å². The number of nitrogens with one attached hydrogen (secondary N) is 1. The number of nitrogens with zero attached hydrogens (tertiary/aromatic N) is 5. The van der Waals surface area contributed by atoms with Crippen LogP contribution in [0, 0.1) is 20.8 Å². The number of carbonyl (C=O) groups is 2. The SMILES string of the molecule is Cc1ccc(OCc2nnc(SCC(=O)Nc3nc(C)c(C(=O)N(C)C)s3)n2C)c(C)c1. The molecule has 1 N–H and O–H groups in total. The molecule has 3 aromatic rings. The van der Waals surface area contributed by atoms with E-state index in [1.54, 1.807) is 21.0 Å². The van der Waals surface area contributed by atoms with Crippen LogP contribution in [0.25, 0.3) is 0 Å². The van der Waals surface area contributed by atoms with Crippen LogP contribution in [0.5, 0.6) is 5.75 Å². The molecule has 0 spiro atoms. The number of anilines is 1. The van der Waals surface area contributed by atoms with Crippen molar-refractivity contribution in [1.29, 1.82) is 0 Å². The molecule has 2 aromatic heterocycles. The van der Waals surface area contributed by atoms with E-state index in [-0.39, 0.29) is 24.2 Å². The first kappa shape index (κ1) is 23.7. The molecule has 0 aliphatic carbocycles. The van der Waals surface area contributed by atoms with Crippen molar-refractivity contribution >= 4 is 40.0 Å². The van der Waals surface area contributed by atoms with Gasteiger partial charge in [0.25, 0.3) is 5.91 Å². The average molecular weight is 475 g/mol. The number of carbonyl (C=O) groups excluding carboxylic acids is 2. The van der Waals surface area contributed by atoms with E-state index in [4.69, 9.17) is 4.74 Å². The van der Waals surface area contributed by atoms with Crippen molar-refractivity contribution < 1.29 is 14.3 Å². The highest BCUT2D eigenvalue weighted by atomic mass is 32.2. The third-order valence-electron chi connectivity index (χ3n) is 4.59. The van der Waals surface area contributed by atoms with E-state index < -0.39 is 0 Å². The number of amides is 2. The molecule has 3 rings (SSSR count). The number of aryl methyl sites for hydroxylation is 3. The molecule has 0 atom stereocenters. The molecular formula is C21H26N6O3S2. The number of thioether (sulfide) groups is 1. The van der Waals surface area contributed by atoms with Crippen molar-refractivity contribution in [2.75, 3.05) is 25.2 Å². The summed E-state index contributed by atoms with van der Waals surface area (Å²) < 4.78 is 7.68. The molecule has 11 heteroatoms. The second kappa shape index (κ2) is 10.1. The number of thiazole rings is 1. The summed E-state index contributed by atoms with van der Waals surface area (Å²) in [7, 11) is 5.20. The van der Waals surface area contributed by atoms with E-state index in [9.17, 15) is 9.59 Å². The summed E-state index contributed by atoms with van der Waals surface area (Å²) in [6.45, 7) is 6.07. The second-order valence-electron chi connectivity index (χ2n) is 7.49. The van der Waals surface area contributed by atoms with Gasteiger partial charge in [0.15, 0.2) is 16.1 Å². The van der Waals surface area contributed by atoms with E-state index in [2.05, 4.69) is 26.6 Å². The van der Waals surface area contributed by atoms with Crippen molar-refractivity contribution in [3.63, 3.8) is 0 Å². The predicted octanol–water partition coefficient (Wildman–Crippen LogP) is 3.21. The number of benzene rings is 1. The molecule has 0 bridgehead atoms. The van der Waals surface area contributed by atoms with Gasteiger partial charge < -0.3 is 19.5 Å². The average Bonchev–Trinajstić information content (AvgIpc) is 3.27. The molecule has 0 aliphatic rings.